The maximum Gasteiger partial charge on any atom is 0.664 e. The summed E-state index contributed by atoms with van der Waals surface area (Å²) in [6, 6.07) is 18.5. The molecule has 2 aromatic rings. The molecule has 0 aromatic heterocycles. The van der Waals surface area contributed by atoms with Crippen LogP contribution >= 0.6 is 8.17 Å². The van der Waals surface area contributed by atoms with Crippen molar-refractivity contribution in [2.45, 2.75) is 0 Å². The molecule has 0 aliphatic rings. The first-order valence-electron chi connectivity index (χ1n) is 4.82. The molecule has 0 amide bonds. The molecule has 1 N–H and O–H groups in total. The lowest BCUT2D eigenvalue weighted by atomic mass is 10.3. The summed E-state index contributed by atoms with van der Waals surface area (Å²) in [6.45, 7) is 0. The zero-order chi connectivity index (χ0) is 11.2. The third-order valence-electron chi connectivity index (χ3n) is 1.86. The van der Waals surface area contributed by atoms with Crippen LogP contribution in [0, 0.1) is 5.16 Å². The molecule has 0 spiro atoms. The molecule has 0 atom stereocenters. The molecule has 0 saturated carbocycles. The molecular formula is C12H11NO2P+. The van der Waals surface area contributed by atoms with Crippen LogP contribution in [0.15, 0.2) is 60.7 Å². The molecule has 80 valence electrons. The zero-order valence-corrected chi connectivity index (χ0v) is 9.43. The predicted octanol–water partition coefficient (Wildman–Crippen LogP) is 4.22. The van der Waals surface area contributed by atoms with Crippen LogP contribution in [0.5, 0.6) is 11.5 Å². The van der Waals surface area contributed by atoms with Gasteiger partial charge in [-0.1, -0.05) is 36.4 Å². The molecule has 0 radical (unpaired) electrons. The summed E-state index contributed by atoms with van der Waals surface area (Å²) in [5, 5.41) is 7.67. The fourth-order valence-electron chi connectivity index (χ4n) is 1.17. The summed E-state index contributed by atoms with van der Waals surface area (Å²) < 4.78 is 10.7. The first-order valence-corrected chi connectivity index (χ1v) is 6.00. The first kappa shape index (κ1) is 10.7. The Morgan fingerprint density at radius 3 is 1.44 bits per heavy atom. The van der Waals surface area contributed by atoms with Crippen LogP contribution in [-0.4, -0.2) is 0 Å². The van der Waals surface area contributed by atoms with E-state index in [-0.39, 0.29) is 0 Å². The van der Waals surface area contributed by atoms with E-state index in [1.54, 1.807) is 24.3 Å². The largest absolute Gasteiger partial charge is 0.664 e. The Balaban J connectivity index is 1.95. The molecule has 16 heavy (non-hydrogen) atoms. The van der Waals surface area contributed by atoms with Crippen LogP contribution in [0.25, 0.3) is 0 Å². The van der Waals surface area contributed by atoms with Crippen molar-refractivity contribution in [2.75, 3.05) is 0 Å². The van der Waals surface area contributed by atoms with Crippen molar-refractivity contribution >= 4 is 8.17 Å². The van der Waals surface area contributed by atoms with Gasteiger partial charge >= 0.3 is 8.17 Å². The lowest BCUT2D eigenvalue weighted by Gasteiger charge is -1.95. The quantitative estimate of drug-likeness (QED) is 0.802. The highest BCUT2D eigenvalue weighted by molar-refractivity contribution is 7.35. The average molecular weight is 232 g/mol. The van der Waals surface area contributed by atoms with Gasteiger partial charge in [-0.25, -0.2) is 9.05 Å². The number of hydrogen-bond acceptors (Lipinski definition) is 3. The van der Waals surface area contributed by atoms with E-state index in [2.05, 4.69) is 0 Å². The van der Waals surface area contributed by atoms with E-state index in [4.69, 9.17) is 14.2 Å². The highest BCUT2D eigenvalue weighted by Crippen LogP contribution is 2.30. The third-order valence-corrected chi connectivity index (χ3v) is 2.62. The molecule has 0 unspecified atom stereocenters. The van der Waals surface area contributed by atoms with Crippen LogP contribution in [0.1, 0.15) is 0 Å². The highest BCUT2D eigenvalue weighted by atomic mass is 31.1. The van der Waals surface area contributed by atoms with Crippen molar-refractivity contribution in [2.24, 2.45) is 0 Å². The minimum absolute atomic E-state index is 0.652. The van der Waals surface area contributed by atoms with Crippen molar-refractivity contribution < 1.29 is 9.05 Å². The summed E-state index contributed by atoms with van der Waals surface area (Å²) in [7, 11) is -1.68. The summed E-state index contributed by atoms with van der Waals surface area (Å²) >= 11 is 0. The minimum atomic E-state index is -1.68. The van der Waals surface area contributed by atoms with Gasteiger partial charge < -0.3 is 0 Å². The normalized spacial score (nSPS) is 9.50. The smallest absolute Gasteiger partial charge is 0.236 e. The van der Waals surface area contributed by atoms with E-state index in [9.17, 15) is 0 Å². The van der Waals surface area contributed by atoms with Gasteiger partial charge in [0.2, 0.25) is 0 Å². The Morgan fingerprint density at radius 2 is 1.06 bits per heavy atom. The van der Waals surface area contributed by atoms with Crippen LogP contribution in [0.2, 0.25) is 0 Å². The van der Waals surface area contributed by atoms with Crippen molar-refractivity contribution in [3.05, 3.63) is 60.7 Å². The third kappa shape index (κ3) is 3.07. The Hall–Kier alpha value is -1.86. The van der Waals surface area contributed by atoms with E-state index in [0.29, 0.717) is 11.5 Å². The molecule has 2 aromatic carbocycles. The molecule has 0 saturated heterocycles. The van der Waals surface area contributed by atoms with E-state index in [1.165, 1.54) is 0 Å². The van der Waals surface area contributed by atoms with Crippen LogP contribution in [0.4, 0.5) is 0 Å². The Bertz CT molecular complexity index is 415. The van der Waals surface area contributed by atoms with Crippen molar-refractivity contribution in [3.63, 3.8) is 0 Å². The van der Waals surface area contributed by atoms with Gasteiger partial charge in [0.05, 0.1) is 0 Å². The zero-order valence-electron chi connectivity index (χ0n) is 8.54. The molecule has 0 heterocycles. The number of rotatable bonds is 4. The Morgan fingerprint density at radius 1 is 0.688 bits per heavy atom. The molecule has 3 nitrogen and oxygen atoms in total. The van der Waals surface area contributed by atoms with Gasteiger partial charge in [-0.15, -0.1) is 0 Å². The Kier molecular flexibility index (Phi) is 3.52. The molecule has 2 rings (SSSR count). The second-order valence-electron chi connectivity index (χ2n) is 3.07. The standard InChI is InChI=1S/C12H11NO2P/c13-16(14-11-7-3-1-4-8-11)15-12-9-5-2-6-10-12/h1-10,13H/q+1. The van der Waals surface area contributed by atoms with Crippen LogP contribution in [0.3, 0.4) is 0 Å². The molecule has 0 fully saturated rings. The summed E-state index contributed by atoms with van der Waals surface area (Å²) in [4.78, 5) is 0. The molecule has 4 heteroatoms. The molecular weight excluding hydrogens is 221 g/mol. The maximum absolute atomic E-state index is 7.67. The van der Waals surface area contributed by atoms with Crippen LogP contribution < -0.4 is 9.05 Å². The summed E-state index contributed by atoms with van der Waals surface area (Å²) in [5.41, 5.74) is 0. The van der Waals surface area contributed by atoms with Gasteiger partial charge in [0.15, 0.2) is 11.5 Å². The molecule has 0 bridgehead atoms. The number of benzene rings is 2. The van der Waals surface area contributed by atoms with E-state index >= 15 is 0 Å². The second-order valence-corrected chi connectivity index (χ2v) is 3.95. The van der Waals surface area contributed by atoms with Gasteiger partial charge in [0.25, 0.3) is 0 Å². The lowest BCUT2D eigenvalue weighted by Crippen LogP contribution is -1.87. The fourth-order valence-corrected chi connectivity index (χ4v) is 1.84. The second kappa shape index (κ2) is 5.29. The van der Waals surface area contributed by atoms with Crippen molar-refractivity contribution in [1.82, 2.24) is 0 Å². The van der Waals surface area contributed by atoms with Gasteiger partial charge in [-0.05, 0) is 29.4 Å². The number of hydrogen-bond donors (Lipinski definition) is 1. The van der Waals surface area contributed by atoms with Gasteiger partial charge in [-0.3, -0.25) is 0 Å². The number of nitrogens with one attached hydrogen (secondary N) is 1. The maximum atomic E-state index is 7.67. The minimum Gasteiger partial charge on any atom is -0.236 e. The Labute approximate surface area is 95.1 Å². The van der Waals surface area contributed by atoms with Crippen molar-refractivity contribution in [3.8, 4) is 11.5 Å². The summed E-state index contributed by atoms with van der Waals surface area (Å²) in [6.07, 6.45) is 0. The monoisotopic (exact) mass is 232 g/mol. The van der Waals surface area contributed by atoms with E-state index in [0.717, 1.165) is 0 Å². The van der Waals surface area contributed by atoms with Gasteiger partial charge in [0.1, 0.15) is 0 Å². The fraction of sp³-hybridized carbons (Fsp3) is 0. The average Bonchev–Trinajstić information content (AvgIpc) is 2.31. The first-order chi connectivity index (χ1) is 7.84. The lowest BCUT2D eigenvalue weighted by molar-refractivity contribution is 0.499. The number of para-hydroxylation sites is 2. The summed E-state index contributed by atoms with van der Waals surface area (Å²) in [5.74, 6) is 1.30. The van der Waals surface area contributed by atoms with Crippen LogP contribution in [-0.2, 0) is 0 Å². The SMILES string of the molecule is N=[P+](Oc1ccccc1)Oc1ccccc1. The van der Waals surface area contributed by atoms with E-state index < -0.39 is 8.17 Å². The molecule has 0 aliphatic heterocycles. The van der Waals surface area contributed by atoms with Crippen molar-refractivity contribution in [1.29, 1.82) is 5.16 Å². The molecule has 0 aliphatic carbocycles. The van der Waals surface area contributed by atoms with Gasteiger partial charge in [-0.2, -0.15) is 0 Å². The predicted molar refractivity (Wildman–Crippen MR) is 63.8 cm³/mol. The highest BCUT2D eigenvalue weighted by Gasteiger charge is 2.17. The van der Waals surface area contributed by atoms with Gasteiger partial charge in [0, 0.05) is 0 Å². The topological polar surface area (TPSA) is 42.3 Å². The van der Waals surface area contributed by atoms with E-state index in [1.807, 2.05) is 36.4 Å².